The van der Waals surface area contributed by atoms with Gasteiger partial charge in [-0.3, -0.25) is 4.68 Å². The minimum absolute atomic E-state index is 0.00977. The van der Waals surface area contributed by atoms with Crippen LogP contribution in [0.1, 0.15) is 81.5 Å². The van der Waals surface area contributed by atoms with E-state index in [4.69, 9.17) is 9.94 Å². The number of rotatable bonds is 2. The topological polar surface area (TPSA) is 39.4 Å². The lowest BCUT2D eigenvalue weighted by Crippen LogP contribution is -2.31. The summed E-state index contributed by atoms with van der Waals surface area (Å²) >= 11 is 0. The van der Waals surface area contributed by atoms with Crippen LogP contribution in [0.5, 0.6) is 0 Å². The maximum absolute atomic E-state index is 5.96. The number of aryl methyl sites for hydroxylation is 1. The van der Waals surface area contributed by atoms with E-state index in [0.29, 0.717) is 6.04 Å². The average Bonchev–Trinajstić information content (AvgIpc) is 3.36. The Hall–Kier alpha value is -1.84. The van der Waals surface area contributed by atoms with E-state index in [-0.39, 0.29) is 5.60 Å². The first kappa shape index (κ1) is 15.4. The number of oxime groups is 1. The number of hydrogen-bond acceptors (Lipinski definition) is 3. The van der Waals surface area contributed by atoms with E-state index in [1.807, 2.05) is 0 Å². The van der Waals surface area contributed by atoms with Crippen LogP contribution >= 0.6 is 0 Å². The van der Waals surface area contributed by atoms with E-state index in [1.54, 1.807) is 0 Å². The molecule has 1 aliphatic heterocycles. The first-order valence-electron chi connectivity index (χ1n) is 9.98. The summed E-state index contributed by atoms with van der Waals surface area (Å²) < 4.78 is 2.29. The predicted molar refractivity (Wildman–Crippen MR) is 100 cm³/mol. The van der Waals surface area contributed by atoms with Gasteiger partial charge in [-0.05, 0) is 51.5 Å². The van der Waals surface area contributed by atoms with Crippen molar-refractivity contribution in [2.24, 2.45) is 5.16 Å². The van der Waals surface area contributed by atoms with Gasteiger partial charge in [-0.15, -0.1) is 0 Å². The van der Waals surface area contributed by atoms with Crippen molar-refractivity contribution in [1.29, 1.82) is 0 Å². The summed E-state index contributed by atoms with van der Waals surface area (Å²) in [7, 11) is 0. The molecule has 2 aliphatic carbocycles. The SMILES string of the molecule is Cc1nn(C2CCCC2)c2cc(C3=NOC4(CCCCC4)C3)ccc12. The van der Waals surface area contributed by atoms with Gasteiger partial charge in [0.15, 0.2) is 0 Å². The summed E-state index contributed by atoms with van der Waals surface area (Å²) in [5.74, 6) is 0. The molecule has 4 heteroatoms. The second kappa shape index (κ2) is 5.86. The molecule has 0 saturated heterocycles. The van der Waals surface area contributed by atoms with Gasteiger partial charge in [0.1, 0.15) is 5.60 Å². The van der Waals surface area contributed by atoms with Crippen molar-refractivity contribution >= 4 is 16.6 Å². The van der Waals surface area contributed by atoms with Gasteiger partial charge in [0.05, 0.1) is 23.0 Å². The van der Waals surface area contributed by atoms with Crippen LogP contribution in [0, 0.1) is 6.92 Å². The van der Waals surface area contributed by atoms with Crippen LogP contribution in [0.4, 0.5) is 0 Å². The lowest BCUT2D eigenvalue weighted by Gasteiger charge is -2.30. The zero-order valence-electron chi connectivity index (χ0n) is 15.1. The standard InChI is InChI=1S/C21H27N3O/c1-15-18-10-9-16(13-20(18)24(22-15)17-7-3-4-8-17)19-14-21(25-23-19)11-5-2-6-12-21/h9-10,13,17H,2-8,11-12,14H2,1H3. The van der Waals surface area contributed by atoms with Crippen molar-refractivity contribution in [2.45, 2.75) is 82.8 Å². The normalized spacial score (nSPS) is 23.3. The molecule has 132 valence electrons. The number of benzene rings is 1. The van der Waals surface area contributed by atoms with Crippen molar-refractivity contribution in [3.63, 3.8) is 0 Å². The zero-order chi connectivity index (χ0) is 16.9. The third-order valence-electron chi connectivity index (χ3n) is 6.50. The molecule has 1 spiro atoms. The van der Waals surface area contributed by atoms with E-state index < -0.39 is 0 Å². The molecule has 0 unspecified atom stereocenters. The fraction of sp³-hybridized carbons (Fsp3) is 0.619. The molecular formula is C21H27N3O. The molecule has 25 heavy (non-hydrogen) atoms. The third-order valence-corrected chi connectivity index (χ3v) is 6.50. The van der Waals surface area contributed by atoms with Crippen molar-refractivity contribution < 1.29 is 4.84 Å². The van der Waals surface area contributed by atoms with Crippen molar-refractivity contribution in [1.82, 2.24) is 9.78 Å². The van der Waals surface area contributed by atoms with Crippen molar-refractivity contribution in [3.8, 4) is 0 Å². The quantitative estimate of drug-likeness (QED) is 0.747. The van der Waals surface area contributed by atoms with Crippen LogP contribution < -0.4 is 0 Å². The predicted octanol–water partition coefficient (Wildman–Crippen LogP) is 5.29. The largest absolute Gasteiger partial charge is 0.389 e. The molecule has 1 aromatic heterocycles. The minimum atomic E-state index is -0.00977. The fourth-order valence-corrected chi connectivity index (χ4v) is 5.04. The first-order valence-corrected chi connectivity index (χ1v) is 9.98. The monoisotopic (exact) mass is 337 g/mol. The van der Waals surface area contributed by atoms with E-state index in [1.165, 1.54) is 61.4 Å². The van der Waals surface area contributed by atoms with Crippen molar-refractivity contribution in [3.05, 3.63) is 29.5 Å². The molecule has 0 amide bonds. The number of nitrogens with zero attached hydrogens (tertiary/aromatic N) is 3. The highest BCUT2D eigenvalue weighted by molar-refractivity contribution is 6.04. The van der Waals surface area contributed by atoms with Gasteiger partial charge in [0.25, 0.3) is 0 Å². The van der Waals surface area contributed by atoms with Crippen LogP contribution in [0.15, 0.2) is 23.4 Å². The van der Waals surface area contributed by atoms with Gasteiger partial charge >= 0.3 is 0 Å². The Bertz CT molecular complexity index is 823. The molecule has 4 nitrogen and oxygen atoms in total. The Morgan fingerprint density at radius 1 is 1.08 bits per heavy atom. The number of fused-ring (bicyclic) bond motifs is 1. The molecule has 5 rings (SSSR count). The van der Waals surface area contributed by atoms with Crippen LogP contribution in [0.2, 0.25) is 0 Å². The second-order valence-electron chi connectivity index (χ2n) is 8.25. The summed E-state index contributed by atoms with van der Waals surface area (Å²) in [6, 6.07) is 7.31. The summed E-state index contributed by atoms with van der Waals surface area (Å²) in [5, 5.41) is 10.7. The van der Waals surface area contributed by atoms with Gasteiger partial charge in [-0.2, -0.15) is 5.10 Å². The highest BCUT2D eigenvalue weighted by Crippen LogP contribution is 2.40. The number of aromatic nitrogens is 2. The number of hydrogen-bond donors (Lipinski definition) is 0. The molecule has 2 saturated carbocycles. The minimum Gasteiger partial charge on any atom is -0.389 e. The van der Waals surface area contributed by atoms with Gasteiger partial charge in [-0.1, -0.05) is 36.6 Å². The molecule has 2 fully saturated rings. The van der Waals surface area contributed by atoms with Gasteiger partial charge in [0, 0.05) is 17.4 Å². The molecule has 3 aliphatic rings. The molecule has 0 atom stereocenters. The van der Waals surface area contributed by atoms with Crippen LogP contribution in [-0.4, -0.2) is 21.1 Å². The Kier molecular flexibility index (Phi) is 3.61. The highest BCUT2D eigenvalue weighted by Gasteiger charge is 2.40. The Labute approximate surface area is 149 Å². The zero-order valence-corrected chi connectivity index (χ0v) is 15.1. The summed E-state index contributed by atoms with van der Waals surface area (Å²) in [6.45, 7) is 2.13. The Balaban J connectivity index is 1.49. The van der Waals surface area contributed by atoms with Gasteiger partial charge < -0.3 is 4.84 Å². The molecule has 0 bridgehead atoms. The first-order chi connectivity index (χ1) is 12.2. The molecule has 2 aromatic rings. The summed E-state index contributed by atoms with van der Waals surface area (Å²) in [5.41, 5.74) is 4.75. The van der Waals surface area contributed by atoms with Gasteiger partial charge in [0.2, 0.25) is 0 Å². The maximum atomic E-state index is 5.96. The summed E-state index contributed by atoms with van der Waals surface area (Å²) in [6.07, 6.45) is 12.3. The van der Waals surface area contributed by atoms with Crippen LogP contribution in [0.25, 0.3) is 10.9 Å². The summed E-state index contributed by atoms with van der Waals surface area (Å²) in [4.78, 5) is 5.96. The van der Waals surface area contributed by atoms with E-state index in [2.05, 4.69) is 35.0 Å². The van der Waals surface area contributed by atoms with Crippen LogP contribution in [-0.2, 0) is 4.84 Å². The van der Waals surface area contributed by atoms with E-state index in [0.717, 1.165) is 30.7 Å². The average molecular weight is 337 g/mol. The molecule has 0 radical (unpaired) electrons. The van der Waals surface area contributed by atoms with E-state index >= 15 is 0 Å². The lowest BCUT2D eigenvalue weighted by molar-refractivity contribution is -0.0449. The molecule has 0 N–H and O–H groups in total. The second-order valence-corrected chi connectivity index (χ2v) is 8.25. The van der Waals surface area contributed by atoms with E-state index in [9.17, 15) is 0 Å². The fourth-order valence-electron chi connectivity index (χ4n) is 5.04. The van der Waals surface area contributed by atoms with Crippen molar-refractivity contribution in [2.75, 3.05) is 0 Å². The molecule has 2 heterocycles. The lowest BCUT2D eigenvalue weighted by atomic mass is 9.81. The van der Waals surface area contributed by atoms with Crippen LogP contribution in [0.3, 0.4) is 0 Å². The highest BCUT2D eigenvalue weighted by atomic mass is 16.7. The molecule has 1 aromatic carbocycles. The Morgan fingerprint density at radius 2 is 1.88 bits per heavy atom. The molecular weight excluding hydrogens is 310 g/mol. The third kappa shape index (κ3) is 2.57. The van der Waals surface area contributed by atoms with Gasteiger partial charge in [-0.25, -0.2) is 0 Å². The maximum Gasteiger partial charge on any atom is 0.143 e. The smallest absolute Gasteiger partial charge is 0.143 e. The Morgan fingerprint density at radius 3 is 2.68 bits per heavy atom.